The van der Waals surface area contributed by atoms with Crippen molar-refractivity contribution < 1.29 is 18.5 Å². The van der Waals surface area contributed by atoms with Gasteiger partial charge in [-0.05, 0) is 43.2 Å². The van der Waals surface area contributed by atoms with Gasteiger partial charge in [0.15, 0.2) is 11.5 Å². The molecule has 1 aromatic carbocycles. The third-order valence-electron chi connectivity index (χ3n) is 5.82. The van der Waals surface area contributed by atoms with Crippen molar-refractivity contribution in [1.29, 1.82) is 0 Å². The summed E-state index contributed by atoms with van der Waals surface area (Å²) in [4.78, 5) is 32.5. The Bertz CT molecular complexity index is 1430. The molecule has 1 N–H and O–H groups in total. The van der Waals surface area contributed by atoms with Crippen LogP contribution in [-0.2, 0) is 0 Å². The van der Waals surface area contributed by atoms with E-state index in [9.17, 15) is 23.7 Å². The highest BCUT2D eigenvalue weighted by molar-refractivity contribution is 7.17. The summed E-state index contributed by atoms with van der Waals surface area (Å²) in [6, 6.07) is 9.14. The molecule has 0 saturated heterocycles. The Hall–Kier alpha value is -3.51. The summed E-state index contributed by atoms with van der Waals surface area (Å²) >= 11 is 6.74. The van der Waals surface area contributed by atoms with Crippen LogP contribution in [0, 0.1) is 10.1 Å². The van der Waals surface area contributed by atoms with Crippen molar-refractivity contribution in [1.82, 2.24) is 19.7 Å². The summed E-state index contributed by atoms with van der Waals surface area (Å²) < 4.78 is 29.0. The maximum Gasteiger partial charge on any atom is 0.324 e. The molecule has 180 valence electrons. The lowest BCUT2D eigenvalue weighted by molar-refractivity contribution is -0.380. The van der Waals surface area contributed by atoms with Gasteiger partial charge < -0.3 is 5.32 Å². The van der Waals surface area contributed by atoms with E-state index < -0.39 is 16.8 Å². The van der Waals surface area contributed by atoms with Gasteiger partial charge in [-0.25, -0.2) is 23.4 Å². The monoisotopic (exact) mass is 518 g/mol. The van der Waals surface area contributed by atoms with Crippen LogP contribution in [0.1, 0.15) is 41.4 Å². The van der Waals surface area contributed by atoms with Crippen LogP contribution in [-0.4, -0.2) is 36.5 Å². The molecule has 5 rings (SSSR count). The number of hydrogen-bond donors (Lipinski definition) is 1. The number of aromatic nitrogens is 4. The van der Waals surface area contributed by atoms with Crippen molar-refractivity contribution in [2.75, 3.05) is 5.32 Å². The van der Waals surface area contributed by atoms with Gasteiger partial charge in [0, 0.05) is 29.5 Å². The van der Waals surface area contributed by atoms with Gasteiger partial charge in [-0.2, -0.15) is 5.10 Å². The molecule has 1 aliphatic carbocycles. The van der Waals surface area contributed by atoms with E-state index in [0.29, 0.717) is 21.6 Å². The Kier molecular flexibility index (Phi) is 5.93. The van der Waals surface area contributed by atoms with Crippen LogP contribution in [0.25, 0.3) is 22.4 Å². The summed E-state index contributed by atoms with van der Waals surface area (Å²) in [5.41, 5.74) is 1.02. The van der Waals surface area contributed by atoms with Gasteiger partial charge in [0.1, 0.15) is 5.82 Å². The first-order valence-electron chi connectivity index (χ1n) is 10.6. The van der Waals surface area contributed by atoms with Crippen molar-refractivity contribution in [2.24, 2.45) is 0 Å². The molecule has 1 saturated carbocycles. The van der Waals surface area contributed by atoms with Gasteiger partial charge >= 0.3 is 5.00 Å². The minimum absolute atomic E-state index is 0.137. The number of anilines is 1. The molecule has 0 aliphatic heterocycles. The van der Waals surface area contributed by atoms with Gasteiger partial charge in [0.05, 0.1) is 27.4 Å². The zero-order valence-electron chi connectivity index (χ0n) is 18.0. The first-order chi connectivity index (χ1) is 16.7. The standard InChI is InChI=1S/C22H17ClF2N6O3S/c23-13-3-1-12(2-4-13)18-27-19(29-21(32)16-5-6-17(35-16)31(33)34)15-11-26-30(20(15)28-18)14-7-9-22(24,25)10-8-14/h1-6,11,14H,7-10H2,(H,27,28,29,32). The fraction of sp³-hybridized carbons (Fsp3) is 0.273. The fourth-order valence-corrected chi connectivity index (χ4v) is 4.84. The Morgan fingerprint density at radius 1 is 1.17 bits per heavy atom. The zero-order chi connectivity index (χ0) is 24.7. The number of nitrogens with one attached hydrogen (secondary N) is 1. The SMILES string of the molecule is O=C(Nc1nc(-c2ccc(Cl)cc2)nc2c1cnn2C1CCC(F)(F)CC1)c1ccc([N+](=O)[O-])s1. The summed E-state index contributed by atoms with van der Waals surface area (Å²) in [6.07, 6.45) is 1.49. The highest BCUT2D eigenvalue weighted by atomic mass is 35.5. The summed E-state index contributed by atoms with van der Waals surface area (Å²) in [6.45, 7) is 0. The second-order valence-corrected chi connectivity index (χ2v) is 9.66. The molecule has 35 heavy (non-hydrogen) atoms. The summed E-state index contributed by atoms with van der Waals surface area (Å²) in [7, 11) is 0. The molecule has 1 aliphatic rings. The minimum atomic E-state index is -2.69. The second-order valence-electron chi connectivity index (χ2n) is 8.17. The third-order valence-corrected chi connectivity index (χ3v) is 7.10. The van der Waals surface area contributed by atoms with E-state index in [-0.39, 0.29) is 53.2 Å². The van der Waals surface area contributed by atoms with E-state index in [0.717, 1.165) is 11.3 Å². The van der Waals surface area contributed by atoms with Crippen molar-refractivity contribution in [3.8, 4) is 11.4 Å². The normalized spacial score (nSPS) is 15.9. The van der Waals surface area contributed by atoms with E-state index >= 15 is 0 Å². The topological polar surface area (TPSA) is 116 Å². The predicted molar refractivity (Wildman–Crippen MR) is 127 cm³/mol. The molecule has 4 aromatic rings. The molecule has 0 spiro atoms. The van der Waals surface area contributed by atoms with E-state index in [4.69, 9.17) is 11.6 Å². The van der Waals surface area contributed by atoms with Crippen LogP contribution in [0.4, 0.5) is 19.6 Å². The molecular formula is C22H17ClF2N6O3S. The maximum absolute atomic E-state index is 13.7. The molecule has 0 unspecified atom stereocenters. The molecule has 0 bridgehead atoms. The fourth-order valence-electron chi connectivity index (χ4n) is 4.00. The highest BCUT2D eigenvalue weighted by Crippen LogP contribution is 2.39. The van der Waals surface area contributed by atoms with Crippen LogP contribution in [0.5, 0.6) is 0 Å². The Labute approximate surface area is 205 Å². The first-order valence-corrected chi connectivity index (χ1v) is 11.8. The van der Waals surface area contributed by atoms with Crippen molar-refractivity contribution in [3.05, 3.63) is 62.6 Å². The molecule has 0 atom stereocenters. The lowest BCUT2D eigenvalue weighted by Crippen LogP contribution is -2.27. The van der Waals surface area contributed by atoms with E-state index in [2.05, 4.69) is 20.4 Å². The molecule has 9 nitrogen and oxygen atoms in total. The van der Waals surface area contributed by atoms with Gasteiger partial charge in [-0.15, -0.1) is 0 Å². The average Bonchev–Trinajstić information content (AvgIpc) is 3.48. The zero-order valence-corrected chi connectivity index (χ0v) is 19.5. The number of nitro groups is 1. The lowest BCUT2D eigenvalue weighted by Gasteiger charge is -2.28. The molecule has 13 heteroatoms. The minimum Gasteiger partial charge on any atom is -0.305 e. The van der Waals surface area contributed by atoms with Crippen LogP contribution in [0.2, 0.25) is 5.02 Å². The largest absolute Gasteiger partial charge is 0.324 e. The number of fused-ring (bicyclic) bond motifs is 1. The predicted octanol–water partition coefficient (Wildman–Crippen LogP) is 6.12. The molecule has 1 fully saturated rings. The van der Waals surface area contributed by atoms with Gasteiger partial charge in [0.25, 0.3) is 5.91 Å². The number of nitrogens with zero attached hydrogens (tertiary/aromatic N) is 5. The van der Waals surface area contributed by atoms with Crippen LogP contribution in [0.3, 0.4) is 0 Å². The van der Waals surface area contributed by atoms with Crippen LogP contribution in [0.15, 0.2) is 42.6 Å². The molecule has 3 aromatic heterocycles. The Balaban J connectivity index is 1.56. The first kappa shape index (κ1) is 23.2. The van der Waals surface area contributed by atoms with E-state index in [1.54, 1.807) is 28.9 Å². The number of rotatable bonds is 5. The molecule has 1 amide bonds. The number of amides is 1. The number of benzene rings is 1. The summed E-state index contributed by atoms with van der Waals surface area (Å²) in [5.74, 6) is -2.82. The quantitative estimate of drug-likeness (QED) is 0.251. The average molecular weight is 519 g/mol. The highest BCUT2D eigenvalue weighted by Gasteiger charge is 2.36. The third kappa shape index (κ3) is 4.71. The number of hydrogen-bond acceptors (Lipinski definition) is 7. The lowest BCUT2D eigenvalue weighted by atomic mass is 9.92. The number of thiophene rings is 1. The smallest absolute Gasteiger partial charge is 0.305 e. The number of carbonyl (C=O) groups is 1. The number of carbonyl (C=O) groups excluding carboxylic acids is 1. The van der Waals surface area contributed by atoms with Crippen LogP contribution >= 0.6 is 22.9 Å². The summed E-state index contributed by atoms with van der Waals surface area (Å²) in [5, 5.41) is 18.9. The Morgan fingerprint density at radius 2 is 1.89 bits per heavy atom. The van der Waals surface area contributed by atoms with E-state index in [1.807, 2.05) is 0 Å². The van der Waals surface area contributed by atoms with Crippen molar-refractivity contribution in [3.63, 3.8) is 0 Å². The Morgan fingerprint density at radius 3 is 2.54 bits per heavy atom. The number of alkyl halides is 2. The molecule has 3 heterocycles. The number of halogens is 3. The van der Waals surface area contributed by atoms with Gasteiger partial charge in [-0.1, -0.05) is 22.9 Å². The molecular weight excluding hydrogens is 502 g/mol. The molecule has 0 radical (unpaired) electrons. The maximum atomic E-state index is 13.7. The van der Waals surface area contributed by atoms with Gasteiger partial charge in [-0.3, -0.25) is 14.9 Å². The van der Waals surface area contributed by atoms with E-state index in [1.165, 1.54) is 18.3 Å². The van der Waals surface area contributed by atoms with Crippen molar-refractivity contribution >= 4 is 50.7 Å². The van der Waals surface area contributed by atoms with Gasteiger partial charge in [0.2, 0.25) is 5.92 Å². The van der Waals surface area contributed by atoms with Crippen LogP contribution < -0.4 is 5.32 Å². The second kappa shape index (κ2) is 8.93. The van der Waals surface area contributed by atoms with Crippen molar-refractivity contribution in [2.45, 2.75) is 37.6 Å².